The summed E-state index contributed by atoms with van der Waals surface area (Å²) in [6.07, 6.45) is 4.32. The molecular weight excluding hydrogens is 190 g/mol. The van der Waals surface area contributed by atoms with Gasteiger partial charge in [-0.15, -0.1) is 0 Å². The van der Waals surface area contributed by atoms with Crippen LogP contribution in [0.15, 0.2) is 36.7 Å². The second-order valence-electron chi connectivity index (χ2n) is 3.27. The van der Waals surface area contributed by atoms with Gasteiger partial charge in [0.25, 0.3) is 0 Å². The molecule has 78 valence electrons. The molecule has 0 aliphatic rings. The summed E-state index contributed by atoms with van der Waals surface area (Å²) >= 11 is 0. The van der Waals surface area contributed by atoms with Gasteiger partial charge in [-0.1, -0.05) is 6.07 Å². The van der Waals surface area contributed by atoms with E-state index in [0.29, 0.717) is 6.54 Å². The molecule has 2 aromatic rings. The van der Waals surface area contributed by atoms with Gasteiger partial charge in [0, 0.05) is 24.9 Å². The molecule has 1 heterocycles. The minimum atomic E-state index is 0.250. The molecule has 0 amide bonds. The van der Waals surface area contributed by atoms with E-state index in [1.807, 2.05) is 16.8 Å². The van der Waals surface area contributed by atoms with Crippen molar-refractivity contribution < 1.29 is 5.11 Å². The Kier molecular flexibility index (Phi) is 2.69. The molecular formula is C11H13N3O. The molecule has 0 saturated heterocycles. The van der Waals surface area contributed by atoms with E-state index >= 15 is 0 Å². The van der Waals surface area contributed by atoms with Crippen molar-refractivity contribution in [1.29, 1.82) is 0 Å². The van der Waals surface area contributed by atoms with Crippen molar-refractivity contribution in [2.75, 3.05) is 6.54 Å². The molecule has 4 nitrogen and oxygen atoms in total. The Bertz CT molecular complexity index is 451. The third-order valence-corrected chi connectivity index (χ3v) is 2.19. The van der Waals surface area contributed by atoms with Crippen LogP contribution in [0.5, 0.6) is 5.75 Å². The molecule has 0 radical (unpaired) electrons. The largest absolute Gasteiger partial charge is 0.508 e. The number of phenols is 1. The topological polar surface area (TPSA) is 64.1 Å². The molecule has 0 spiro atoms. The summed E-state index contributed by atoms with van der Waals surface area (Å²) in [5, 5.41) is 9.37. The van der Waals surface area contributed by atoms with Crippen molar-refractivity contribution in [3.8, 4) is 11.4 Å². The first kappa shape index (κ1) is 9.73. The van der Waals surface area contributed by atoms with Gasteiger partial charge in [0.2, 0.25) is 0 Å². The van der Waals surface area contributed by atoms with Crippen molar-refractivity contribution in [2.45, 2.75) is 6.42 Å². The van der Waals surface area contributed by atoms with Gasteiger partial charge >= 0.3 is 0 Å². The molecule has 0 aliphatic heterocycles. The maximum absolute atomic E-state index is 9.37. The van der Waals surface area contributed by atoms with Crippen LogP contribution in [0.3, 0.4) is 0 Å². The smallest absolute Gasteiger partial charge is 0.117 e. The van der Waals surface area contributed by atoms with Crippen molar-refractivity contribution in [2.24, 2.45) is 5.73 Å². The van der Waals surface area contributed by atoms with E-state index in [2.05, 4.69) is 4.98 Å². The summed E-state index contributed by atoms with van der Waals surface area (Å²) in [7, 11) is 0. The third kappa shape index (κ3) is 1.99. The van der Waals surface area contributed by atoms with E-state index in [4.69, 9.17) is 5.73 Å². The van der Waals surface area contributed by atoms with Gasteiger partial charge in [-0.05, 0) is 18.7 Å². The van der Waals surface area contributed by atoms with E-state index < -0.39 is 0 Å². The summed E-state index contributed by atoms with van der Waals surface area (Å²) in [4.78, 5) is 4.21. The number of imidazole rings is 1. The molecule has 1 aromatic carbocycles. The SMILES string of the molecule is NCCc1nccn1-c1cccc(O)c1. The predicted molar refractivity (Wildman–Crippen MR) is 58.0 cm³/mol. The van der Waals surface area contributed by atoms with Crippen LogP contribution in [0.2, 0.25) is 0 Å². The first-order valence-corrected chi connectivity index (χ1v) is 4.83. The zero-order valence-electron chi connectivity index (χ0n) is 8.30. The highest BCUT2D eigenvalue weighted by Gasteiger charge is 2.03. The first-order valence-electron chi connectivity index (χ1n) is 4.83. The number of nitrogens with zero attached hydrogens (tertiary/aromatic N) is 2. The molecule has 0 fully saturated rings. The summed E-state index contributed by atoms with van der Waals surface area (Å²) in [5.41, 5.74) is 6.39. The average Bonchev–Trinajstić information content (AvgIpc) is 2.66. The fourth-order valence-corrected chi connectivity index (χ4v) is 1.53. The Hall–Kier alpha value is -1.81. The van der Waals surface area contributed by atoms with Gasteiger partial charge < -0.3 is 15.4 Å². The monoisotopic (exact) mass is 203 g/mol. The fraction of sp³-hybridized carbons (Fsp3) is 0.182. The lowest BCUT2D eigenvalue weighted by Crippen LogP contribution is -2.08. The lowest BCUT2D eigenvalue weighted by Gasteiger charge is -2.07. The minimum absolute atomic E-state index is 0.250. The molecule has 3 N–H and O–H groups in total. The van der Waals surface area contributed by atoms with E-state index in [1.165, 1.54) is 0 Å². The van der Waals surface area contributed by atoms with E-state index in [1.54, 1.807) is 24.4 Å². The Morgan fingerprint density at radius 3 is 3.00 bits per heavy atom. The van der Waals surface area contributed by atoms with E-state index in [9.17, 15) is 5.11 Å². The summed E-state index contributed by atoms with van der Waals surface area (Å²) in [6, 6.07) is 7.06. The highest BCUT2D eigenvalue weighted by Crippen LogP contribution is 2.16. The molecule has 0 unspecified atom stereocenters. The number of hydrogen-bond donors (Lipinski definition) is 2. The number of rotatable bonds is 3. The molecule has 15 heavy (non-hydrogen) atoms. The molecule has 2 rings (SSSR count). The average molecular weight is 203 g/mol. The van der Waals surface area contributed by atoms with Crippen molar-refractivity contribution >= 4 is 0 Å². The number of aromatic hydroxyl groups is 1. The molecule has 0 atom stereocenters. The first-order chi connectivity index (χ1) is 7.31. The normalized spacial score (nSPS) is 10.5. The minimum Gasteiger partial charge on any atom is -0.508 e. The van der Waals surface area contributed by atoms with E-state index in [-0.39, 0.29) is 5.75 Å². The van der Waals surface area contributed by atoms with Crippen molar-refractivity contribution in [1.82, 2.24) is 9.55 Å². The van der Waals surface area contributed by atoms with Crippen LogP contribution in [0.4, 0.5) is 0 Å². The Morgan fingerprint density at radius 2 is 2.27 bits per heavy atom. The quantitative estimate of drug-likeness (QED) is 0.784. The Morgan fingerprint density at radius 1 is 1.40 bits per heavy atom. The van der Waals surface area contributed by atoms with Gasteiger partial charge in [0.05, 0.1) is 5.69 Å². The van der Waals surface area contributed by atoms with Gasteiger partial charge in [-0.3, -0.25) is 0 Å². The zero-order chi connectivity index (χ0) is 10.7. The fourth-order valence-electron chi connectivity index (χ4n) is 1.53. The van der Waals surface area contributed by atoms with Gasteiger partial charge in [0.1, 0.15) is 11.6 Å². The van der Waals surface area contributed by atoms with Crippen LogP contribution in [-0.2, 0) is 6.42 Å². The summed E-state index contributed by atoms with van der Waals surface area (Å²) < 4.78 is 1.92. The number of nitrogens with two attached hydrogens (primary N) is 1. The lowest BCUT2D eigenvalue weighted by molar-refractivity contribution is 0.475. The highest BCUT2D eigenvalue weighted by atomic mass is 16.3. The predicted octanol–water partition coefficient (Wildman–Crippen LogP) is 1.08. The highest BCUT2D eigenvalue weighted by molar-refractivity contribution is 5.39. The molecule has 0 saturated carbocycles. The zero-order valence-corrected chi connectivity index (χ0v) is 8.30. The van der Waals surface area contributed by atoms with E-state index in [0.717, 1.165) is 17.9 Å². The lowest BCUT2D eigenvalue weighted by atomic mass is 10.3. The number of hydrogen-bond acceptors (Lipinski definition) is 3. The molecule has 0 aliphatic carbocycles. The van der Waals surface area contributed by atoms with Crippen LogP contribution in [0.1, 0.15) is 5.82 Å². The second-order valence-corrected chi connectivity index (χ2v) is 3.27. The van der Waals surface area contributed by atoms with Gasteiger partial charge in [0.15, 0.2) is 0 Å². The van der Waals surface area contributed by atoms with Gasteiger partial charge in [-0.25, -0.2) is 4.98 Å². The molecule has 0 bridgehead atoms. The third-order valence-electron chi connectivity index (χ3n) is 2.19. The number of aromatic nitrogens is 2. The van der Waals surface area contributed by atoms with Crippen LogP contribution >= 0.6 is 0 Å². The van der Waals surface area contributed by atoms with Gasteiger partial charge in [-0.2, -0.15) is 0 Å². The van der Waals surface area contributed by atoms with Crippen LogP contribution in [-0.4, -0.2) is 21.2 Å². The van der Waals surface area contributed by atoms with Crippen molar-refractivity contribution in [3.05, 3.63) is 42.5 Å². The number of benzene rings is 1. The van der Waals surface area contributed by atoms with Crippen LogP contribution in [0, 0.1) is 0 Å². The summed E-state index contributed by atoms with van der Waals surface area (Å²) in [6.45, 7) is 0.565. The molecule has 1 aromatic heterocycles. The van der Waals surface area contributed by atoms with Crippen molar-refractivity contribution in [3.63, 3.8) is 0 Å². The van der Waals surface area contributed by atoms with Crippen LogP contribution in [0.25, 0.3) is 5.69 Å². The maximum atomic E-state index is 9.37. The maximum Gasteiger partial charge on any atom is 0.117 e. The Balaban J connectivity index is 2.40. The number of phenolic OH excluding ortho intramolecular Hbond substituents is 1. The standard InChI is InChI=1S/C11H13N3O/c12-5-4-11-13-6-7-14(11)9-2-1-3-10(15)8-9/h1-3,6-8,15H,4-5,12H2. The summed E-state index contributed by atoms with van der Waals surface area (Å²) in [5.74, 6) is 1.16. The second kappa shape index (κ2) is 4.14. The Labute approximate surface area is 88.0 Å². The van der Waals surface area contributed by atoms with Crippen LogP contribution < -0.4 is 5.73 Å². The molecule has 4 heteroatoms.